The molecular weight excluding hydrogens is 345 g/mol. The van der Waals surface area contributed by atoms with E-state index in [0.717, 1.165) is 17.7 Å². The fourth-order valence-corrected chi connectivity index (χ4v) is 2.88. The van der Waals surface area contributed by atoms with Crippen molar-refractivity contribution in [2.24, 2.45) is 0 Å². The van der Waals surface area contributed by atoms with E-state index in [1.54, 1.807) is 25.2 Å². The van der Waals surface area contributed by atoms with Crippen LogP contribution < -0.4 is 5.32 Å². The van der Waals surface area contributed by atoms with Crippen LogP contribution in [0.5, 0.6) is 0 Å². The molecule has 0 saturated heterocycles. The van der Waals surface area contributed by atoms with Gasteiger partial charge in [0.2, 0.25) is 5.91 Å². The molecule has 0 radical (unpaired) electrons. The summed E-state index contributed by atoms with van der Waals surface area (Å²) < 4.78 is 37.8. The maximum atomic E-state index is 12.6. The molecule has 2 aromatic carbocycles. The van der Waals surface area contributed by atoms with Gasteiger partial charge in [-0.15, -0.1) is 0 Å². The SMILES string of the molecule is CN(Cc1ccc(C(F)(F)F)cc1)C(=O)c1ccc2c(c1)CCC(=O)N2. The Bertz CT molecular complexity index is 845. The van der Waals surface area contributed by atoms with Crippen LogP contribution in [0.3, 0.4) is 0 Å². The van der Waals surface area contributed by atoms with E-state index in [4.69, 9.17) is 0 Å². The van der Waals surface area contributed by atoms with Crippen LogP contribution in [0.1, 0.15) is 33.5 Å². The molecule has 7 heteroatoms. The molecule has 1 heterocycles. The summed E-state index contributed by atoms with van der Waals surface area (Å²) >= 11 is 0. The van der Waals surface area contributed by atoms with Crippen LogP contribution in [-0.4, -0.2) is 23.8 Å². The van der Waals surface area contributed by atoms with E-state index >= 15 is 0 Å². The smallest absolute Gasteiger partial charge is 0.337 e. The Kier molecular flexibility index (Phi) is 4.71. The number of rotatable bonds is 3. The molecule has 1 aliphatic rings. The first-order chi connectivity index (χ1) is 12.2. The quantitative estimate of drug-likeness (QED) is 0.901. The number of anilines is 1. The third kappa shape index (κ3) is 3.87. The summed E-state index contributed by atoms with van der Waals surface area (Å²) in [6, 6.07) is 9.84. The summed E-state index contributed by atoms with van der Waals surface area (Å²) in [5, 5.41) is 2.76. The zero-order chi connectivity index (χ0) is 18.9. The molecule has 136 valence electrons. The van der Waals surface area contributed by atoms with E-state index in [9.17, 15) is 22.8 Å². The molecule has 26 heavy (non-hydrogen) atoms. The summed E-state index contributed by atoms with van der Waals surface area (Å²) in [5.74, 6) is -0.277. The van der Waals surface area contributed by atoms with Crippen molar-refractivity contribution in [1.29, 1.82) is 0 Å². The maximum Gasteiger partial charge on any atom is 0.416 e. The molecule has 1 aliphatic heterocycles. The van der Waals surface area contributed by atoms with Crippen molar-refractivity contribution in [2.75, 3.05) is 12.4 Å². The van der Waals surface area contributed by atoms with Gasteiger partial charge in [-0.05, 0) is 47.9 Å². The molecule has 0 aliphatic carbocycles. The zero-order valence-electron chi connectivity index (χ0n) is 14.1. The molecule has 2 aromatic rings. The van der Waals surface area contributed by atoms with E-state index in [2.05, 4.69) is 5.32 Å². The Morgan fingerprint density at radius 2 is 1.81 bits per heavy atom. The highest BCUT2D eigenvalue weighted by atomic mass is 19.4. The number of hydrogen-bond acceptors (Lipinski definition) is 2. The van der Waals surface area contributed by atoms with E-state index < -0.39 is 11.7 Å². The highest BCUT2D eigenvalue weighted by Gasteiger charge is 2.30. The summed E-state index contributed by atoms with van der Waals surface area (Å²) in [6.07, 6.45) is -3.42. The number of nitrogens with one attached hydrogen (secondary N) is 1. The summed E-state index contributed by atoms with van der Waals surface area (Å²) in [7, 11) is 1.60. The molecule has 0 unspecified atom stereocenters. The second-order valence-electron chi connectivity index (χ2n) is 6.28. The Morgan fingerprint density at radius 3 is 2.46 bits per heavy atom. The van der Waals surface area contributed by atoms with Gasteiger partial charge in [0.15, 0.2) is 0 Å². The molecule has 4 nitrogen and oxygen atoms in total. The maximum absolute atomic E-state index is 12.6. The molecule has 1 N–H and O–H groups in total. The van der Waals surface area contributed by atoms with Gasteiger partial charge in [0.05, 0.1) is 5.56 Å². The first-order valence-electron chi connectivity index (χ1n) is 8.08. The van der Waals surface area contributed by atoms with Gasteiger partial charge in [-0.25, -0.2) is 0 Å². The van der Waals surface area contributed by atoms with Crippen molar-refractivity contribution in [1.82, 2.24) is 4.90 Å². The minimum Gasteiger partial charge on any atom is -0.337 e. The van der Waals surface area contributed by atoms with Crippen molar-refractivity contribution in [2.45, 2.75) is 25.6 Å². The van der Waals surface area contributed by atoms with Crippen molar-refractivity contribution in [3.8, 4) is 0 Å². The lowest BCUT2D eigenvalue weighted by Gasteiger charge is -2.21. The number of amides is 2. The molecule has 0 fully saturated rings. The van der Waals surface area contributed by atoms with Crippen LogP contribution in [0.4, 0.5) is 18.9 Å². The standard InChI is InChI=1S/C19H17F3N2O2/c1-24(11-12-2-6-15(7-3-12)19(20,21)22)18(26)14-4-8-16-13(10-14)5-9-17(25)23-16/h2-4,6-8,10H,5,9,11H2,1H3,(H,23,25). The molecule has 0 aromatic heterocycles. The highest BCUT2D eigenvalue weighted by Crippen LogP contribution is 2.29. The Morgan fingerprint density at radius 1 is 1.12 bits per heavy atom. The minimum atomic E-state index is -4.38. The van der Waals surface area contributed by atoms with Gasteiger partial charge in [-0.1, -0.05) is 12.1 Å². The fraction of sp³-hybridized carbons (Fsp3) is 0.263. The van der Waals surface area contributed by atoms with E-state index in [-0.39, 0.29) is 18.4 Å². The van der Waals surface area contributed by atoms with E-state index in [1.807, 2.05) is 0 Å². The number of carbonyl (C=O) groups is 2. The van der Waals surface area contributed by atoms with Gasteiger partial charge >= 0.3 is 6.18 Å². The zero-order valence-corrected chi connectivity index (χ0v) is 14.1. The average molecular weight is 362 g/mol. The number of benzene rings is 2. The van der Waals surface area contributed by atoms with Crippen molar-refractivity contribution in [3.05, 3.63) is 64.7 Å². The molecule has 0 atom stereocenters. The lowest BCUT2D eigenvalue weighted by atomic mass is 10.00. The van der Waals surface area contributed by atoms with Crippen LogP contribution >= 0.6 is 0 Å². The number of alkyl halides is 3. The third-order valence-electron chi connectivity index (χ3n) is 4.30. The van der Waals surface area contributed by atoms with Gasteiger partial charge in [0, 0.05) is 31.3 Å². The number of nitrogens with zero attached hydrogens (tertiary/aromatic N) is 1. The van der Waals surface area contributed by atoms with Gasteiger partial charge in [-0.3, -0.25) is 9.59 Å². The Balaban J connectivity index is 1.71. The van der Waals surface area contributed by atoms with Crippen LogP contribution in [0.25, 0.3) is 0 Å². The predicted molar refractivity (Wildman–Crippen MR) is 90.6 cm³/mol. The average Bonchev–Trinajstić information content (AvgIpc) is 2.60. The van der Waals surface area contributed by atoms with Crippen LogP contribution in [0.2, 0.25) is 0 Å². The van der Waals surface area contributed by atoms with Gasteiger partial charge in [0.25, 0.3) is 5.91 Å². The second kappa shape index (κ2) is 6.82. The predicted octanol–water partition coefficient (Wildman–Crippen LogP) is 3.86. The number of fused-ring (bicyclic) bond motifs is 1. The van der Waals surface area contributed by atoms with Crippen molar-refractivity contribution >= 4 is 17.5 Å². The molecule has 0 saturated carbocycles. The first-order valence-corrected chi connectivity index (χ1v) is 8.08. The first kappa shape index (κ1) is 18.0. The van der Waals surface area contributed by atoms with E-state index in [0.29, 0.717) is 29.7 Å². The fourth-order valence-electron chi connectivity index (χ4n) is 2.88. The topological polar surface area (TPSA) is 49.4 Å². The number of carbonyl (C=O) groups excluding carboxylic acids is 2. The highest BCUT2D eigenvalue weighted by molar-refractivity contribution is 5.97. The Labute approximate surface area is 148 Å². The summed E-state index contributed by atoms with van der Waals surface area (Å²) in [5.41, 5.74) is 1.99. The van der Waals surface area contributed by atoms with Gasteiger partial charge in [-0.2, -0.15) is 13.2 Å². The largest absolute Gasteiger partial charge is 0.416 e. The molecule has 2 amide bonds. The molecule has 0 bridgehead atoms. The monoisotopic (exact) mass is 362 g/mol. The molecular formula is C19H17F3N2O2. The van der Waals surface area contributed by atoms with Crippen LogP contribution in [-0.2, 0) is 23.9 Å². The summed E-state index contributed by atoms with van der Waals surface area (Å²) in [4.78, 5) is 25.4. The van der Waals surface area contributed by atoms with Gasteiger partial charge in [0.1, 0.15) is 0 Å². The summed E-state index contributed by atoms with van der Waals surface area (Å²) in [6.45, 7) is 0.199. The van der Waals surface area contributed by atoms with Crippen LogP contribution in [0, 0.1) is 0 Å². The van der Waals surface area contributed by atoms with Crippen molar-refractivity contribution < 1.29 is 22.8 Å². The van der Waals surface area contributed by atoms with Crippen LogP contribution in [0.15, 0.2) is 42.5 Å². The lowest BCUT2D eigenvalue weighted by Crippen LogP contribution is -2.27. The lowest BCUT2D eigenvalue weighted by molar-refractivity contribution is -0.137. The normalized spacial score (nSPS) is 13.8. The number of aryl methyl sites for hydroxylation is 1. The Hall–Kier alpha value is -2.83. The van der Waals surface area contributed by atoms with Crippen molar-refractivity contribution in [3.63, 3.8) is 0 Å². The molecule has 3 rings (SSSR count). The minimum absolute atomic E-state index is 0.0454. The number of halogens is 3. The second-order valence-corrected chi connectivity index (χ2v) is 6.28. The third-order valence-corrected chi connectivity index (χ3v) is 4.30. The molecule has 0 spiro atoms. The van der Waals surface area contributed by atoms with Gasteiger partial charge < -0.3 is 10.2 Å². The van der Waals surface area contributed by atoms with E-state index in [1.165, 1.54) is 17.0 Å². The number of hydrogen-bond donors (Lipinski definition) is 1.